The van der Waals surface area contributed by atoms with E-state index in [1.54, 1.807) is 24.1 Å². The smallest absolute Gasteiger partial charge is 0.195 e. The van der Waals surface area contributed by atoms with Crippen LogP contribution in [0.3, 0.4) is 0 Å². The predicted octanol–water partition coefficient (Wildman–Crippen LogP) is 1.60. The second kappa shape index (κ2) is 4.60. The summed E-state index contributed by atoms with van der Waals surface area (Å²) in [5.74, 6) is 0.114. The highest BCUT2D eigenvalue weighted by Gasteiger charge is 2.07. The first-order valence-corrected chi connectivity index (χ1v) is 4.44. The van der Waals surface area contributed by atoms with E-state index in [1.807, 2.05) is 6.92 Å². The molecular weight excluding hydrogens is 181 g/mol. The van der Waals surface area contributed by atoms with E-state index >= 15 is 0 Å². The van der Waals surface area contributed by atoms with Gasteiger partial charge in [-0.05, 0) is 25.1 Å². The molecule has 0 bridgehead atoms. The highest BCUT2D eigenvalue weighted by Crippen LogP contribution is 2.14. The van der Waals surface area contributed by atoms with Crippen LogP contribution in [0.5, 0.6) is 0 Å². The molecule has 0 spiro atoms. The summed E-state index contributed by atoms with van der Waals surface area (Å²) in [6, 6.07) is 6.28. The van der Waals surface area contributed by atoms with Crippen molar-refractivity contribution in [3.63, 3.8) is 0 Å². The van der Waals surface area contributed by atoms with Crippen molar-refractivity contribution in [2.75, 3.05) is 18.5 Å². The van der Waals surface area contributed by atoms with Crippen LogP contribution in [-0.2, 0) is 0 Å². The first kappa shape index (κ1) is 10.5. The van der Waals surface area contributed by atoms with E-state index in [4.69, 9.17) is 5.73 Å². The van der Waals surface area contributed by atoms with Crippen LogP contribution in [0.1, 0.15) is 6.92 Å². The molecule has 0 aromatic heterocycles. The van der Waals surface area contributed by atoms with Gasteiger partial charge < -0.3 is 10.6 Å². The van der Waals surface area contributed by atoms with Gasteiger partial charge in [0.1, 0.15) is 5.82 Å². The Morgan fingerprint density at radius 2 is 2.29 bits per heavy atom. The van der Waals surface area contributed by atoms with Crippen molar-refractivity contribution in [3.8, 4) is 0 Å². The highest BCUT2D eigenvalue weighted by molar-refractivity contribution is 5.94. The standard InChI is InChI=1S/C10H14FN3/c1-3-14(10(12)13-2)9-6-4-5-8(11)7-9/h4-7H,3H2,1-2H3,(H2,12,13). The van der Waals surface area contributed by atoms with E-state index in [0.717, 1.165) is 5.69 Å². The Labute approximate surface area is 83.1 Å². The number of guanidine groups is 1. The molecule has 0 fully saturated rings. The third kappa shape index (κ3) is 2.22. The van der Waals surface area contributed by atoms with Crippen molar-refractivity contribution in [1.82, 2.24) is 0 Å². The Bertz CT molecular complexity index is 336. The van der Waals surface area contributed by atoms with Crippen LogP contribution in [0.4, 0.5) is 10.1 Å². The number of rotatable bonds is 2. The molecule has 2 N–H and O–H groups in total. The minimum Gasteiger partial charge on any atom is -0.370 e. The average molecular weight is 195 g/mol. The van der Waals surface area contributed by atoms with Gasteiger partial charge in [-0.1, -0.05) is 6.07 Å². The molecule has 4 heteroatoms. The fourth-order valence-corrected chi connectivity index (χ4v) is 1.24. The van der Waals surface area contributed by atoms with Gasteiger partial charge in [0.15, 0.2) is 5.96 Å². The molecule has 14 heavy (non-hydrogen) atoms. The number of halogens is 1. The third-order valence-corrected chi connectivity index (χ3v) is 1.94. The van der Waals surface area contributed by atoms with Gasteiger partial charge in [-0.2, -0.15) is 0 Å². The van der Waals surface area contributed by atoms with E-state index in [2.05, 4.69) is 4.99 Å². The average Bonchev–Trinajstić information content (AvgIpc) is 2.19. The lowest BCUT2D eigenvalue weighted by atomic mass is 10.3. The zero-order valence-corrected chi connectivity index (χ0v) is 8.37. The molecule has 1 rings (SSSR count). The van der Waals surface area contributed by atoms with Crippen molar-refractivity contribution in [3.05, 3.63) is 30.1 Å². The Kier molecular flexibility index (Phi) is 3.45. The van der Waals surface area contributed by atoms with Gasteiger partial charge in [0.2, 0.25) is 0 Å². The molecule has 0 atom stereocenters. The van der Waals surface area contributed by atoms with Gasteiger partial charge in [0.05, 0.1) is 0 Å². The van der Waals surface area contributed by atoms with Gasteiger partial charge in [-0.15, -0.1) is 0 Å². The largest absolute Gasteiger partial charge is 0.370 e. The molecule has 0 aliphatic heterocycles. The number of anilines is 1. The number of aliphatic imine (C=N–C) groups is 1. The molecule has 0 aliphatic carbocycles. The normalized spacial score (nSPS) is 11.5. The summed E-state index contributed by atoms with van der Waals surface area (Å²) in [6.07, 6.45) is 0. The maximum Gasteiger partial charge on any atom is 0.195 e. The summed E-state index contributed by atoms with van der Waals surface area (Å²) in [6.45, 7) is 2.59. The lowest BCUT2D eigenvalue weighted by molar-refractivity contribution is 0.628. The first-order valence-electron chi connectivity index (χ1n) is 4.44. The van der Waals surface area contributed by atoms with Crippen molar-refractivity contribution in [2.24, 2.45) is 10.7 Å². The Morgan fingerprint density at radius 1 is 1.57 bits per heavy atom. The lowest BCUT2D eigenvalue weighted by Crippen LogP contribution is -2.37. The van der Waals surface area contributed by atoms with Crippen molar-refractivity contribution in [1.29, 1.82) is 0 Å². The minimum absolute atomic E-state index is 0.273. The van der Waals surface area contributed by atoms with Crippen LogP contribution in [-0.4, -0.2) is 19.6 Å². The van der Waals surface area contributed by atoms with Gasteiger partial charge in [-0.3, -0.25) is 4.99 Å². The second-order valence-corrected chi connectivity index (χ2v) is 2.81. The molecule has 76 valence electrons. The molecule has 0 radical (unpaired) electrons. The minimum atomic E-state index is -0.273. The van der Waals surface area contributed by atoms with Crippen molar-refractivity contribution < 1.29 is 4.39 Å². The summed E-state index contributed by atoms with van der Waals surface area (Å²) in [4.78, 5) is 5.60. The topological polar surface area (TPSA) is 41.6 Å². The maximum absolute atomic E-state index is 12.9. The van der Waals surface area contributed by atoms with Crippen LogP contribution in [0, 0.1) is 5.82 Å². The lowest BCUT2D eigenvalue weighted by Gasteiger charge is -2.21. The molecule has 0 aliphatic rings. The quantitative estimate of drug-likeness (QED) is 0.575. The van der Waals surface area contributed by atoms with E-state index in [9.17, 15) is 4.39 Å². The van der Waals surface area contributed by atoms with Crippen LogP contribution >= 0.6 is 0 Å². The molecule has 0 amide bonds. The van der Waals surface area contributed by atoms with E-state index in [1.165, 1.54) is 12.1 Å². The zero-order valence-electron chi connectivity index (χ0n) is 8.37. The molecule has 0 saturated carbocycles. The number of nitrogens with zero attached hydrogens (tertiary/aromatic N) is 2. The molecule has 3 nitrogen and oxygen atoms in total. The van der Waals surface area contributed by atoms with Gasteiger partial charge in [-0.25, -0.2) is 4.39 Å². The Morgan fingerprint density at radius 3 is 2.79 bits per heavy atom. The molecule has 0 heterocycles. The fourth-order valence-electron chi connectivity index (χ4n) is 1.24. The van der Waals surface area contributed by atoms with E-state index < -0.39 is 0 Å². The van der Waals surface area contributed by atoms with Gasteiger partial charge in [0.25, 0.3) is 0 Å². The zero-order chi connectivity index (χ0) is 10.6. The monoisotopic (exact) mass is 195 g/mol. The van der Waals surface area contributed by atoms with Crippen LogP contribution in [0.15, 0.2) is 29.3 Å². The Hall–Kier alpha value is -1.58. The van der Waals surface area contributed by atoms with Crippen molar-refractivity contribution in [2.45, 2.75) is 6.92 Å². The molecular formula is C10H14FN3. The summed E-state index contributed by atoms with van der Waals surface area (Å²) >= 11 is 0. The summed E-state index contributed by atoms with van der Waals surface area (Å²) in [7, 11) is 1.61. The fraction of sp³-hybridized carbons (Fsp3) is 0.300. The number of hydrogen-bond acceptors (Lipinski definition) is 1. The van der Waals surface area contributed by atoms with Gasteiger partial charge in [0, 0.05) is 19.3 Å². The van der Waals surface area contributed by atoms with Crippen LogP contribution in [0.25, 0.3) is 0 Å². The molecule has 0 unspecified atom stereocenters. The number of hydrogen-bond donors (Lipinski definition) is 1. The predicted molar refractivity (Wildman–Crippen MR) is 57.0 cm³/mol. The first-order chi connectivity index (χ1) is 6.69. The molecule has 0 saturated heterocycles. The summed E-state index contributed by atoms with van der Waals surface area (Å²) < 4.78 is 12.9. The van der Waals surface area contributed by atoms with E-state index in [-0.39, 0.29) is 5.82 Å². The summed E-state index contributed by atoms with van der Waals surface area (Å²) in [5.41, 5.74) is 6.38. The highest BCUT2D eigenvalue weighted by atomic mass is 19.1. The third-order valence-electron chi connectivity index (χ3n) is 1.94. The van der Waals surface area contributed by atoms with Crippen molar-refractivity contribution >= 4 is 11.6 Å². The number of nitrogens with two attached hydrogens (primary N) is 1. The molecule has 1 aromatic carbocycles. The van der Waals surface area contributed by atoms with Gasteiger partial charge >= 0.3 is 0 Å². The van der Waals surface area contributed by atoms with E-state index in [0.29, 0.717) is 12.5 Å². The number of benzene rings is 1. The SMILES string of the molecule is CCN(C(N)=NC)c1cccc(F)c1. The molecule has 1 aromatic rings. The second-order valence-electron chi connectivity index (χ2n) is 2.81. The Balaban J connectivity index is 3.01. The maximum atomic E-state index is 12.9. The van der Waals surface area contributed by atoms with Crippen LogP contribution in [0.2, 0.25) is 0 Å². The summed E-state index contributed by atoms with van der Waals surface area (Å²) in [5, 5.41) is 0. The van der Waals surface area contributed by atoms with Crippen LogP contribution < -0.4 is 10.6 Å².